The van der Waals surface area contributed by atoms with E-state index in [1.165, 1.54) is 26.4 Å². The number of carbonyl (C=O) groups excluding carboxylic acids is 1. The van der Waals surface area contributed by atoms with E-state index in [2.05, 4.69) is 33.9 Å². The van der Waals surface area contributed by atoms with Crippen molar-refractivity contribution in [2.24, 2.45) is 5.92 Å². The first-order chi connectivity index (χ1) is 22.7. The van der Waals surface area contributed by atoms with E-state index in [0.29, 0.717) is 29.3 Å². The van der Waals surface area contributed by atoms with Crippen molar-refractivity contribution in [2.75, 3.05) is 19.1 Å². The molecule has 5 rings (SSSR count). The number of carbonyl (C=O) groups is 1. The van der Waals surface area contributed by atoms with Crippen molar-refractivity contribution >= 4 is 32.8 Å². The van der Waals surface area contributed by atoms with Crippen LogP contribution in [0.1, 0.15) is 56.9 Å². The molecule has 1 N–H and O–H groups in total. The highest BCUT2D eigenvalue weighted by Crippen LogP contribution is 2.50. The van der Waals surface area contributed by atoms with Gasteiger partial charge in [0.2, 0.25) is 5.91 Å². The third-order valence-electron chi connectivity index (χ3n) is 9.80. The van der Waals surface area contributed by atoms with Gasteiger partial charge < -0.3 is 23.5 Å². The lowest BCUT2D eigenvalue weighted by Crippen LogP contribution is -2.55. The summed E-state index contributed by atoms with van der Waals surface area (Å²) in [5.41, 5.74) is 3.71. The van der Waals surface area contributed by atoms with Gasteiger partial charge in [-0.15, -0.1) is 0 Å². The van der Waals surface area contributed by atoms with E-state index in [-0.39, 0.29) is 28.6 Å². The molecule has 254 valence electrons. The average molecular weight is 690 g/mol. The quantitative estimate of drug-likeness (QED) is 0.0906. The lowest BCUT2D eigenvalue weighted by molar-refractivity contribution is -0.131. The lowest BCUT2D eigenvalue weighted by atomic mass is 9.77. The van der Waals surface area contributed by atoms with E-state index in [9.17, 15) is 18.9 Å². The molecule has 1 aliphatic rings. The Morgan fingerprint density at radius 3 is 2.15 bits per heavy atom. The molecule has 3 unspecified atom stereocenters. The van der Waals surface area contributed by atoms with E-state index in [1.807, 2.05) is 48.5 Å². The fourth-order valence-corrected chi connectivity index (χ4v) is 8.47. The monoisotopic (exact) mass is 689 g/mol. The van der Waals surface area contributed by atoms with Crippen molar-refractivity contribution in [1.29, 1.82) is 0 Å². The van der Waals surface area contributed by atoms with Crippen molar-refractivity contribution in [1.82, 2.24) is 0 Å². The Bertz CT molecular complexity index is 1790. The summed E-state index contributed by atoms with van der Waals surface area (Å²) >= 11 is 0. The molecular formula is C38H45FNO6PSi. The van der Waals surface area contributed by atoms with Gasteiger partial charge in [0, 0.05) is 25.5 Å². The van der Waals surface area contributed by atoms with E-state index in [4.69, 9.17) is 13.5 Å². The molecular weight excluding hydrogens is 644 g/mol. The molecule has 4 aromatic carbocycles. The number of nitrogens with zero attached hydrogens (tertiary/aromatic N) is 1. The van der Waals surface area contributed by atoms with Crippen LogP contribution in [-0.4, -0.2) is 33.6 Å². The maximum absolute atomic E-state index is 13.9. The lowest BCUT2D eigenvalue weighted by Gasteiger charge is -2.48. The maximum Gasteiger partial charge on any atom is 0.360 e. The molecule has 0 spiro atoms. The van der Waals surface area contributed by atoms with Crippen molar-refractivity contribution in [2.45, 2.75) is 63.9 Å². The summed E-state index contributed by atoms with van der Waals surface area (Å²) in [6.07, 6.45) is 0.748. The van der Waals surface area contributed by atoms with Crippen molar-refractivity contribution in [3.8, 4) is 16.9 Å². The molecule has 4 aromatic rings. The molecule has 0 aliphatic carbocycles. The Labute approximate surface area is 284 Å². The number of para-hydroxylation sites is 1. The highest BCUT2D eigenvalue weighted by atomic mass is 31.2. The van der Waals surface area contributed by atoms with Crippen molar-refractivity contribution in [3.63, 3.8) is 0 Å². The standard InChI is InChI=1S/C38H45FNO6PSi/c1-38(2,3)48(6,7)46-35(26-16-19-29(39)20-17-26)23-22-33-36(40(37(33)42)30-13-9-8-10-14-30)32-21-18-28(25-34(32)41)27-12-11-15-31(24-27)47(43,44-4)45-5/h8-21,24-25,33,35-36,41H,22-23H2,1-7H3. The Kier molecular flexibility index (Phi) is 10.5. The fraction of sp³-hybridized carbons (Fsp3) is 0.342. The molecule has 0 aromatic heterocycles. The maximum atomic E-state index is 13.9. The smallest absolute Gasteiger partial charge is 0.360 e. The van der Waals surface area contributed by atoms with Gasteiger partial charge in [0.15, 0.2) is 8.32 Å². The molecule has 1 fully saturated rings. The Morgan fingerprint density at radius 2 is 1.54 bits per heavy atom. The largest absolute Gasteiger partial charge is 0.508 e. The molecule has 1 saturated heterocycles. The van der Waals surface area contributed by atoms with E-state index in [1.54, 1.807) is 41.3 Å². The number of halogens is 1. The molecule has 0 radical (unpaired) electrons. The van der Waals surface area contributed by atoms with E-state index in [0.717, 1.165) is 16.8 Å². The van der Waals surface area contributed by atoms with Gasteiger partial charge in [0.05, 0.1) is 23.4 Å². The summed E-state index contributed by atoms with van der Waals surface area (Å²) in [5.74, 6) is -0.696. The fourth-order valence-electron chi connectivity index (χ4n) is 6.01. The Morgan fingerprint density at radius 1 is 0.896 bits per heavy atom. The molecule has 1 aliphatic heterocycles. The Hall–Kier alpha value is -3.59. The highest BCUT2D eigenvalue weighted by molar-refractivity contribution is 7.62. The zero-order valence-electron chi connectivity index (χ0n) is 28.6. The third kappa shape index (κ3) is 7.21. The number of amides is 1. The predicted octanol–water partition coefficient (Wildman–Crippen LogP) is 9.56. The normalized spacial score (nSPS) is 17.7. The third-order valence-corrected chi connectivity index (χ3v) is 16.2. The minimum Gasteiger partial charge on any atom is -0.508 e. The zero-order valence-corrected chi connectivity index (χ0v) is 30.5. The Balaban J connectivity index is 1.47. The topological polar surface area (TPSA) is 85.3 Å². The number of phenols is 1. The van der Waals surface area contributed by atoms with Crippen LogP contribution in [0, 0.1) is 11.7 Å². The number of phenolic OH excluding ortho intramolecular Hbond substituents is 1. The van der Waals surface area contributed by atoms with Gasteiger partial charge in [-0.05, 0) is 90.1 Å². The van der Waals surface area contributed by atoms with Crippen LogP contribution in [0.5, 0.6) is 5.75 Å². The second-order valence-electron chi connectivity index (χ2n) is 13.8. The van der Waals surface area contributed by atoms with Crippen LogP contribution in [0.4, 0.5) is 10.1 Å². The van der Waals surface area contributed by atoms with Crippen LogP contribution in [0.3, 0.4) is 0 Å². The van der Waals surface area contributed by atoms with Gasteiger partial charge in [-0.25, -0.2) is 4.39 Å². The van der Waals surface area contributed by atoms with Gasteiger partial charge in [0.1, 0.15) is 11.6 Å². The molecule has 1 amide bonds. The van der Waals surface area contributed by atoms with Crippen molar-refractivity contribution < 1.29 is 32.3 Å². The first kappa shape index (κ1) is 35.7. The molecule has 1 heterocycles. The summed E-state index contributed by atoms with van der Waals surface area (Å²) in [4.78, 5) is 15.6. The number of hydrogen-bond donors (Lipinski definition) is 1. The highest BCUT2D eigenvalue weighted by Gasteiger charge is 2.50. The molecule has 10 heteroatoms. The van der Waals surface area contributed by atoms with Crippen LogP contribution < -0.4 is 10.2 Å². The molecule has 3 atom stereocenters. The van der Waals surface area contributed by atoms with Crippen LogP contribution in [0.15, 0.2) is 97.1 Å². The van der Waals surface area contributed by atoms with Crippen LogP contribution >= 0.6 is 7.60 Å². The van der Waals surface area contributed by atoms with Crippen molar-refractivity contribution in [3.05, 3.63) is 114 Å². The molecule has 0 saturated carbocycles. The predicted molar refractivity (Wildman–Crippen MR) is 192 cm³/mol. The number of anilines is 1. The summed E-state index contributed by atoms with van der Waals surface area (Å²) in [5, 5.41) is 11.9. The van der Waals surface area contributed by atoms with Crippen LogP contribution in [0.25, 0.3) is 11.1 Å². The van der Waals surface area contributed by atoms with E-state index >= 15 is 0 Å². The van der Waals surface area contributed by atoms with Gasteiger partial charge in [0.25, 0.3) is 0 Å². The number of aromatic hydroxyl groups is 1. The number of benzene rings is 4. The van der Waals surface area contributed by atoms with Gasteiger partial charge in [-0.3, -0.25) is 9.36 Å². The van der Waals surface area contributed by atoms with E-state index < -0.39 is 27.9 Å². The summed E-state index contributed by atoms with van der Waals surface area (Å²) in [7, 11) is -3.01. The first-order valence-corrected chi connectivity index (χ1v) is 20.6. The van der Waals surface area contributed by atoms with Gasteiger partial charge in [-0.2, -0.15) is 0 Å². The van der Waals surface area contributed by atoms with Gasteiger partial charge >= 0.3 is 7.60 Å². The summed E-state index contributed by atoms with van der Waals surface area (Å²) < 4.78 is 44.1. The second kappa shape index (κ2) is 14.1. The SMILES string of the molecule is COP(=O)(OC)c1cccc(-c2ccc(C3C(CCC(O[Si](C)(C)C(C)(C)C)c4ccc(F)cc4)C(=O)N3c3ccccc3)c(O)c2)c1. The minimum atomic E-state index is -3.47. The number of hydrogen-bond acceptors (Lipinski definition) is 6. The molecule has 0 bridgehead atoms. The van der Waals surface area contributed by atoms with Crippen LogP contribution in [-0.2, 0) is 22.8 Å². The summed E-state index contributed by atoms with van der Waals surface area (Å²) in [6, 6.07) is 27.9. The molecule has 48 heavy (non-hydrogen) atoms. The number of rotatable bonds is 12. The number of β-lactam (4-membered cyclic amide) rings is 1. The second-order valence-corrected chi connectivity index (χ2v) is 20.8. The zero-order chi connectivity index (χ0) is 34.9. The minimum absolute atomic E-state index is 0.0255. The van der Waals surface area contributed by atoms with Gasteiger partial charge in [-0.1, -0.05) is 75.4 Å². The summed E-state index contributed by atoms with van der Waals surface area (Å²) in [6.45, 7) is 10.9. The molecule has 7 nitrogen and oxygen atoms in total. The average Bonchev–Trinajstić information content (AvgIpc) is 3.07. The first-order valence-electron chi connectivity index (χ1n) is 16.2. The van der Waals surface area contributed by atoms with Crippen LogP contribution in [0.2, 0.25) is 18.1 Å².